The van der Waals surface area contributed by atoms with Crippen LogP contribution in [0.1, 0.15) is 27.2 Å². The zero-order chi connectivity index (χ0) is 9.30. The molecule has 2 atom stereocenters. The first-order valence-electron chi connectivity index (χ1n) is 4.18. The minimum atomic E-state index is -0.463. The summed E-state index contributed by atoms with van der Waals surface area (Å²) in [6.45, 7) is 5.54. The average molecular weight is 170 g/mol. The Morgan fingerprint density at radius 2 is 2.25 bits per heavy atom. The van der Waals surface area contributed by atoms with Gasteiger partial charge in [-0.05, 0) is 13.3 Å². The molecule has 0 aromatic carbocycles. The highest BCUT2D eigenvalue weighted by molar-refractivity contribution is 5.99. The lowest BCUT2D eigenvalue weighted by Gasteiger charge is -2.15. The zero-order valence-electron chi connectivity index (χ0n) is 7.63. The molecule has 0 bridgehead atoms. The van der Waals surface area contributed by atoms with Gasteiger partial charge in [-0.15, -0.1) is 0 Å². The molecule has 0 saturated heterocycles. The molecule has 3 heteroatoms. The summed E-state index contributed by atoms with van der Waals surface area (Å²) >= 11 is 0. The number of carbonyl (C=O) groups excluding carboxylic acids is 1. The van der Waals surface area contributed by atoms with Crippen LogP contribution in [-0.2, 0) is 9.53 Å². The molecule has 0 radical (unpaired) electrons. The molecule has 0 aromatic rings. The van der Waals surface area contributed by atoms with Gasteiger partial charge in [-0.25, -0.2) is 0 Å². The van der Waals surface area contributed by atoms with Gasteiger partial charge in [-0.3, -0.25) is 4.79 Å². The monoisotopic (exact) mass is 170 g/mol. The summed E-state index contributed by atoms with van der Waals surface area (Å²) in [5.74, 6) is 0.0320. The van der Waals surface area contributed by atoms with E-state index in [1.807, 2.05) is 13.8 Å². The Balaban J connectivity index is 2.73. The number of rotatable bonds is 2. The van der Waals surface area contributed by atoms with Gasteiger partial charge in [-0.1, -0.05) is 13.8 Å². The van der Waals surface area contributed by atoms with Crippen molar-refractivity contribution in [1.29, 1.82) is 0 Å². The van der Waals surface area contributed by atoms with E-state index >= 15 is 0 Å². The first kappa shape index (κ1) is 9.10. The Bertz CT molecular complexity index is 230. The van der Waals surface area contributed by atoms with Gasteiger partial charge in [0.1, 0.15) is 5.76 Å². The number of ketones is 1. The highest BCUT2D eigenvalue weighted by atomic mass is 16.5. The van der Waals surface area contributed by atoms with Gasteiger partial charge < -0.3 is 9.84 Å². The van der Waals surface area contributed by atoms with Crippen LogP contribution in [-0.4, -0.2) is 17.0 Å². The maximum atomic E-state index is 11.3. The van der Waals surface area contributed by atoms with Crippen molar-refractivity contribution in [1.82, 2.24) is 0 Å². The summed E-state index contributed by atoms with van der Waals surface area (Å²) in [5, 5.41) is 9.19. The lowest BCUT2D eigenvalue weighted by molar-refractivity contribution is -0.125. The third-order valence-electron chi connectivity index (χ3n) is 2.29. The van der Waals surface area contributed by atoms with Crippen molar-refractivity contribution in [2.75, 3.05) is 0 Å². The van der Waals surface area contributed by atoms with Crippen LogP contribution < -0.4 is 0 Å². The number of Topliss-reactive ketones (excluding diaryl/α,β-unsaturated/α-hetero) is 1. The number of ether oxygens (including phenoxy) is 1. The number of allylic oxidation sites excluding steroid dienone is 1. The van der Waals surface area contributed by atoms with Gasteiger partial charge in [0.15, 0.2) is 6.10 Å². The van der Waals surface area contributed by atoms with E-state index < -0.39 is 6.10 Å². The second-order valence-electron chi connectivity index (χ2n) is 3.19. The number of carbonyl (C=O) groups is 1. The van der Waals surface area contributed by atoms with Crippen molar-refractivity contribution < 1.29 is 14.6 Å². The molecule has 0 amide bonds. The van der Waals surface area contributed by atoms with E-state index in [1.54, 1.807) is 6.92 Å². The van der Waals surface area contributed by atoms with Gasteiger partial charge >= 0.3 is 0 Å². The predicted octanol–water partition coefficient (Wildman–Crippen LogP) is 1.79. The standard InChI is InChI=1S/C9H14O3/c1-4-5(2)9-8(11)7(10)6(3)12-9/h5,9-10H,4H2,1-3H3. The Hall–Kier alpha value is -0.990. The minimum absolute atomic E-state index is 0.164. The van der Waals surface area contributed by atoms with Crippen LogP contribution >= 0.6 is 0 Å². The molecule has 0 aliphatic carbocycles. The Labute approximate surface area is 72.0 Å². The fraction of sp³-hybridized carbons (Fsp3) is 0.667. The van der Waals surface area contributed by atoms with E-state index in [2.05, 4.69) is 0 Å². The van der Waals surface area contributed by atoms with Crippen LogP contribution in [0, 0.1) is 5.92 Å². The van der Waals surface area contributed by atoms with E-state index in [4.69, 9.17) is 4.74 Å². The first-order chi connectivity index (χ1) is 5.57. The van der Waals surface area contributed by atoms with Crippen LogP contribution in [0.5, 0.6) is 0 Å². The highest BCUT2D eigenvalue weighted by Gasteiger charge is 2.36. The van der Waals surface area contributed by atoms with Crippen LogP contribution in [0.4, 0.5) is 0 Å². The summed E-state index contributed by atoms with van der Waals surface area (Å²) in [6, 6.07) is 0. The van der Waals surface area contributed by atoms with Crippen LogP contribution in [0.2, 0.25) is 0 Å². The summed E-state index contributed by atoms with van der Waals surface area (Å²) in [7, 11) is 0. The van der Waals surface area contributed by atoms with E-state index in [9.17, 15) is 9.90 Å². The molecule has 68 valence electrons. The molecule has 1 N–H and O–H groups in total. The van der Waals surface area contributed by atoms with Gasteiger partial charge in [0.25, 0.3) is 0 Å². The Morgan fingerprint density at radius 3 is 2.58 bits per heavy atom. The third-order valence-corrected chi connectivity index (χ3v) is 2.29. The molecule has 0 spiro atoms. The first-order valence-corrected chi connectivity index (χ1v) is 4.18. The van der Waals surface area contributed by atoms with Gasteiger partial charge in [0.05, 0.1) is 0 Å². The maximum Gasteiger partial charge on any atom is 0.241 e. The molecule has 0 aromatic heterocycles. The molecule has 1 aliphatic rings. The summed E-state index contributed by atoms with van der Waals surface area (Å²) < 4.78 is 5.22. The largest absolute Gasteiger partial charge is 0.502 e. The molecule has 1 heterocycles. The van der Waals surface area contributed by atoms with Crippen LogP contribution in [0.15, 0.2) is 11.5 Å². The molecule has 2 unspecified atom stereocenters. The second-order valence-corrected chi connectivity index (χ2v) is 3.19. The molecule has 0 saturated carbocycles. The SMILES string of the molecule is CCC(C)C1OC(C)=C(O)C1=O. The Morgan fingerprint density at radius 1 is 1.67 bits per heavy atom. The number of hydrogen-bond donors (Lipinski definition) is 1. The van der Waals surface area contributed by atoms with Crippen molar-refractivity contribution in [2.45, 2.75) is 33.3 Å². The van der Waals surface area contributed by atoms with Crippen molar-refractivity contribution >= 4 is 5.78 Å². The molecule has 3 nitrogen and oxygen atoms in total. The quantitative estimate of drug-likeness (QED) is 0.687. The molecular weight excluding hydrogens is 156 g/mol. The fourth-order valence-electron chi connectivity index (χ4n) is 1.20. The fourth-order valence-corrected chi connectivity index (χ4v) is 1.20. The minimum Gasteiger partial charge on any atom is -0.502 e. The Kier molecular flexibility index (Phi) is 2.40. The van der Waals surface area contributed by atoms with Gasteiger partial charge in [-0.2, -0.15) is 0 Å². The topological polar surface area (TPSA) is 46.5 Å². The molecule has 1 aliphatic heterocycles. The van der Waals surface area contributed by atoms with E-state index in [0.717, 1.165) is 6.42 Å². The maximum absolute atomic E-state index is 11.3. The second kappa shape index (κ2) is 3.17. The third kappa shape index (κ3) is 1.31. The molecular formula is C9H14O3. The summed E-state index contributed by atoms with van der Waals surface area (Å²) in [4.78, 5) is 11.3. The molecule has 12 heavy (non-hydrogen) atoms. The van der Waals surface area contributed by atoms with Crippen LogP contribution in [0.25, 0.3) is 0 Å². The number of aliphatic hydroxyl groups excluding tert-OH is 1. The van der Waals surface area contributed by atoms with Crippen molar-refractivity contribution in [2.24, 2.45) is 5.92 Å². The number of hydrogen-bond acceptors (Lipinski definition) is 3. The average Bonchev–Trinajstić information content (AvgIpc) is 2.32. The van der Waals surface area contributed by atoms with Gasteiger partial charge in [0.2, 0.25) is 11.5 Å². The zero-order valence-corrected chi connectivity index (χ0v) is 7.63. The molecule has 0 fully saturated rings. The predicted molar refractivity (Wildman–Crippen MR) is 44.7 cm³/mol. The number of aliphatic hydroxyl groups is 1. The normalized spacial score (nSPS) is 25.9. The lowest BCUT2D eigenvalue weighted by atomic mass is 9.99. The van der Waals surface area contributed by atoms with Crippen LogP contribution in [0.3, 0.4) is 0 Å². The summed E-state index contributed by atoms with van der Waals surface area (Å²) in [5.41, 5.74) is 0. The smallest absolute Gasteiger partial charge is 0.241 e. The molecule has 1 rings (SSSR count). The van der Waals surface area contributed by atoms with Crippen molar-refractivity contribution in [3.05, 3.63) is 11.5 Å². The van der Waals surface area contributed by atoms with Crippen molar-refractivity contribution in [3.63, 3.8) is 0 Å². The van der Waals surface area contributed by atoms with E-state index in [0.29, 0.717) is 5.76 Å². The highest BCUT2D eigenvalue weighted by Crippen LogP contribution is 2.25. The lowest BCUT2D eigenvalue weighted by Crippen LogP contribution is -2.25. The van der Waals surface area contributed by atoms with Gasteiger partial charge in [0, 0.05) is 5.92 Å². The summed E-state index contributed by atoms with van der Waals surface area (Å²) in [6.07, 6.45) is 0.409. The van der Waals surface area contributed by atoms with E-state index in [-0.39, 0.29) is 17.5 Å². The van der Waals surface area contributed by atoms with E-state index in [1.165, 1.54) is 0 Å². The van der Waals surface area contributed by atoms with Crippen molar-refractivity contribution in [3.8, 4) is 0 Å².